The van der Waals surface area contributed by atoms with Gasteiger partial charge in [-0.1, -0.05) is 60.7 Å². The molecule has 5 heteroatoms. The lowest BCUT2D eigenvalue weighted by atomic mass is 10.1. The van der Waals surface area contributed by atoms with Crippen molar-refractivity contribution in [1.82, 2.24) is 10.2 Å². The predicted molar refractivity (Wildman–Crippen MR) is 115 cm³/mol. The molecule has 2 aromatic rings. The van der Waals surface area contributed by atoms with Crippen molar-refractivity contribution in [1.29, 1.82) is 0 Å². The summed E-state index contributed by atoms with van der Waals surface area (Å²) < 4.78 is 5.50. The lowest BCUT2D eigenvalue weighted by Gasteiger charge is -2.29. The molecule has 0 saturated carbocycles. The van der Waals surface area contributed by atoms with Crippen LogP contribution in [0.15, 0.2) is 60.7 Å². The molecular weight excluding hydrogens is 364 g/mol. The maximum absolute atomic E-state index is 13.0. The minimum absolute atomic E-state index is 0.0640. The first-order valence-electron chi connectivity index (χ1n) is 10.2. The van der Waals surface area contributed by atoms with Crippen molar-refractivity contribution in [3.8, 4) is 0 Å². The van der Waals surface area contributed by atoms with E-state index < -0.39 is 6.04 Å². The summed E-state index contributed by atoms with van der Waals surface area (Å²) >= 11 is 0. The Morgan fingerprint density at radius 1 is 0.931 bits per heavy atom. The number of hydrogen-bond donors (Lipinski definition) is 1. The van der Waals surface area contributed by atoms with Crippen molar-refractivity contribution < 1.29 is 14.3 Å². The van der Waals surface area contributed by atoms with Crippen LogP contribution in [0.25, 0.3) is 0 Å². The molecule has 0 aliphatic heterocycles. The fraction of sp³-hybridized carbons (Fsp3) is 0.417. The number of amides is 2. The van der Waals surface area contributed by atoms with Crippen molar-refractivity contribution in [2.75, 3.05) is 13.2 Å². The summed E-state index contributed by atoms with van der Waals surface area (Å²) in [4.78, 5) is 27.4. The molecule has 0 aliphatic rings. The second-order valence-electron chi connectivity index (χ2n) is 7.41. The van der Waals surface area contributed by atoms with E-state index in [1.165, 1.54) is 0 Å². The third-order valence-electron chi connectivity index (χ3n) is 4.63. The minimum atomic E-state index is -0.558. The third kappa shape index (κ3) is 8.08. The molecule has 1 atom stereocenters. The average molecular weight is 397 g/mol. The smallest absolute Gasteiger partial charge is 0.242 e. The highest BCUT2D eigenvalue weighted by atomic mass is 16.5. The molecule has 2 amide bonds. The van der Waals surface area contributed by atoms with E-state index in [-0.39, 0.29) is 24.3 Å². The Morgan fingerprint density at radius 2 is 1.52 bits per heavy atom. The van der Waals surface area contributed by atoms with Crippen molar-refractivity contribution in [2.45, 2.75) is 52.3 Å². The summed E-state index contributed by atoms with van der Waals surface area (Å²) in [6, 6.07) is 18.8. The van der Waals surface area contributed by atoms with Crippen LogP contribution < -0.4 is 5.32 Å². The largest absolute Gasteiger partial charge is 0.379 e. The molecule has 5 nitrogen and oxygen atoms in total. The second-order valence-corrected chi connectivity index (χ2v) is 7.41. The fourth-order valence-corrected chi connectivity index (χ4v) is 2.99. The molecule has 0 saturated heterocycles. The van der Waals surface area contributed by atoms with Gasteiger partial charge in [0.2, 0.25) is 11.8 Å². The number of rotatable bonds is 11. The summed E-state index contributed by atoms with van der Waals surface area (Å²) in [6.45, 7) is 7.29. The van der Waals surface area contributed by atoms with Gasteiger partial charge in [-0.3, -0.25) is 9.59 Å². The first-order valence-corrected chi connectivity index (χ1v) is 10.2. The molecule has 2 rings (SSSR count). The van der Waals surface area contributed by atoms with Crippen LogP contribution >= 0.6 is 0 Å². The molecule has 2 aromatic carbocycles. The van der Waals surface area contributed by atoms with Crippen LogP contribution in [0.3, 0.4) is 0 Å². The quantitative estimate of drug-likeness (QED) is 0.591. The Balaban J connectivity index is 2.01. The zero-order chi connectivity index (χ0) is 21.1. The summed E-state index contributed by atoms with van der Waals surface area (Å²) in [5.41, 5.74) is 1.94. The number of ether oxygens (including phenoxy) is 1. The van der Waals surface area contributed by atoms with Gasteiger partial charge in [-0.2, -0.15) is 0 Å². The Hall–Kier alpha value is -2.66. The molecule has 29 heavy (non-hydrogen) atoms. The maximum atomic E-state index is 13.0. The van der Waals surface area contributed by atoms with E-state index in [1.807, 2.05) is 74.5 Å². The van der Waals surface area contributed by atoms with Crippen LogP contribution in [0.5, 0.6) is 0 Å². The number of carbonyl (C=O) groups is 2. The van der Waals surface area contributed by atoms with E-state index >= 15 is 0 Å². The molecule has 0 aromatic heterocycles. The Kier molecular flexibility index (Phi) is 9.38. The molecular formula is C24H32N2O3. The Bertz CT molecular complexity index is 747. The molecule has 0 bridgehead atoms. The van der Waals surface area contributed by atoms with E-state index in [4.69, 9.17) is 4.74 Å². The summed E-state index contributed by atoms with van der Waals surface area (Å²) in [6.07, 6.45) is 1.20. The molecule has 0 heterocycles. The van der Waals surface area contributed by atoms with Crippen LogP contribution in [0.2, 0.25) is 0 Å². The number of nitrogens with zero attached hydrogens (tertiary/aromatic N) is 1. The highest BCUT2D eigenvalue weighted by Crippen LogP contribution is 2.12. The van der Waals surface area contributed by atoms with Gasteiger partial charge in [-0.05, 0) is 38.3 Å². The summed E-state index contributed by atoms with van der Waals surface area (Å²) in [5.74, 6) is -0.210. The van der Waals surface area contributed by atoms with Crippen molar-refractivity contribution in [2.24, 2.45) is 0 Å². The van der Waals surface area contributed by atoms with Crippen molar-refractivity contribution >= 4 is 11.8 Å². The number of carbonyl (C=O) groups excluding carboxylic acids is 2. The van der Waals surface area contributed by atoms with Crippen LogP contribution in [-0.2, 0) is 27.3 Å². The van der Waals surface area contributed by atoms with Gasteiger partial charge in [0, 0.05) is 19.7 Å². The Labute approximate surface area is 174 Å². The van der Waals surface area contributed by atoms with E-state index in [1.54, 1.807) is 11.8 Å². The van der Waals surface area contributed by atoms with Crippen LogP contribution in [-0.4, -0.2) is 42.0 Å². The minimum Gasteiger partial charge on any atom is -0.379 e. The van der Waals surface area contributed by atoms with Gasteiger partial charge in [0.05, 0.1) is 12.5 Å². The molecule has 0 radical (unpaired) electrons. The average Bonchev–Trinajstić information content (AvgIpc) is 2.72. The number of hydrogen-bond acceptors (Lipinski definition) is 3. The zero-order valence-electron chi connectivity index (χ0n) is 17.6. The summed E-state index contributed by atoms with van der Waals surface area (Å²) in [5, 5.41) is 2.93. The summed E-state index contributed by atoms with van der Waals surface area (Å²) in [7, 11) is 0. The number of nitrogens with one attached hydrogen (secondary N) is 1. The lowest BCUT2D eigenvalue weighted by Crippen LogP contribution is -2.48. The van der Waals surface area contributed by atoms with Crippen LogP contribution in [0.4, 0.5) is 0 Å². The predicted octanol–water partition coefficient (Wildman–Crippen LogP) is 3.58. The first-order chi connectivity index (χ1) is 14.0. The van der Waals surface area contributed by atoms with E-state index in [2.05, 4.69) is 5.32 Å². The highest BCUT2D eigenvalue weighted by Gasteiger charge is 2.25. The van der Waals surface area contributed by atoms with Gasteiger partial charge >= 0.3 is 0 Å². The zero-order valence-corrected chi connectivity index (χ0v) is 17.6. The van der Waals surface area contributed by atoms with Crippen LogP contribution in [0.1, 0.15) is 38.3 Å². The lowest BCUT2D eigenvalue weighted by molar-refractivity contribution is -0.140. The SMILES string of the molecule is CC(C)OCCCNC(=O)[C@@H](C)N(Cc1ccccc1)C(=O)Cc1ccccc1. The molecule has 0 unspecified atom stereocenters. The second kappa shape index (κ2) is 12.0. The van der Waals surface area contributed by atoms with Gasteiger partial charge in [-0.15, -0.1) is 0 Å². The first kappa shape index (κ1) is 22.6. The third-order valence-corrected chi connectivity index (χ3v) is 4.63. The molecule has 1 N–H and O–H groups in total. The van der Waals surface area contributed by atoms with Gasteiger partial charge in [0.1, 0.15) is 6.04 Å². The monoisotopic (exact) mass is 396 g/mol. The van der Waals surface area contributed by atoms with E-state index in [0.29, 0.717) is 19.7 Å². The van der Waals surface area contributed by atoms with Gasteiger partial charge < -0.3 is 15.0 Å². The Morgan fingerprint density at radius 3 is 2.10 bits per heavy atom. The van der Waals surface area contributed by atoms with Crippen molar-refractivity contribution in [3.63, 3.8) is 0 Å². The van der Waals surface area contributed by atoms with E-state index in [0.717, 1.165) is 17.5 Å². The topological polar surface area (TPSA) is 58.6 Å². The maximum Gasteiger partial charge on any atom is 0.242 e. The molecule has 0 spiro atoms. The standard InChI is InChI=1S/C24H32N2O3/c1-19(2)29-16-10-15-25-24(28)20(3)26(18-22-13-8-5-9-14-22)23(27)17-21-11-6-4-7-12-21/h4-9,11-14,19-20H,10,15-18H2,1-3H3,(H,25,28)/t20-/m1/s1. The molecule has 0 fully saturated rings. The van der Waals surface area contributed by atoms with Gasteiger partial charge in [0.15, 0.2) is 0 Å². The van der Waals surface area contributed by atoms with Crippen LogP contribution in [0, 0.1) is 0 Å². The fourth-order valence-electron chi connectivity index (χ4n) is 2.99. The highest BCUT2D eigenvalue weighted by molar-refractivity contribution is 5.88. The number of benzene rings is 2. The van der Waals surface area contributed by atoms with E-state index in [9.17, 15) is 9.59 Å². The van der Waals surface area contributed by atoms with Crippen molar-refractivity contribution in [3.05, 3.63) is 71.8 Å². The molecule has 0 aliphatic carbocycles. The van der Waals surface area contributed by atoms with Gasteiger partial charge in [0.25, 0.3) is 0 Å². The normalized spacial score (nSPS) is 11.9. The molecule has 156 valence electrons. The van der Waals surface area contributed by atoms with Gasteiger partial charge in [-0.25, -0.2) is 0 Å².